The quantitative estimate of drug-likeness (QED) is 0.487. The Balaban J connectivity index is 1.88. The molecule has 0 aliphatic heterocycles. The number of rotatable bonds is 5. The summed E-state index contributed by atoms with van der Waals surface area (Å²) in [6, 6.07) is 9.71. The fourth-order valence-corrected chi connectivity index (χ4v) is 1.56. The third kappa shape index (κ3) is 4.56. The molecule has 0 aromatic heterocycles. The molecule has 0 spiro atoms. The number of non-ortho nitro benzene ring substituents is 2. The molecular formula is C13H10N6O5. The Morgan fingerprint density at radius 3 is 1.88 bits per heavy atom. The van der Waals surface area contributed by atoms with Crippen LogP contribution < -0.4 is 10.9 Å². The number of azo groups is 1. The molecule has 0 aliphatic carbocycles. The average molecular weight is 330 g/mol. The molecule has 2 aromatic carbocycles. The number of hydrazine groups is 1. The number of nitro benzene ring substituents is 2. The molecule has 2 rings (SSSR count). The van der Waals surface area contributed by atoms with Gasteiger partial charge < -0.3 is 0 Å². The minimum atomic E-state index is -0.813. The number of nitro groups is 2. The Morgan fingerprint density at radius 1 is 0.875 bits per heavy atom. The van der Waals surface area contributed by atoms with Crippen molar-refractivity contribution in [2.24, 2.45) is 10.2 Å². The lowest BCUT2D eigenvalue weighted by atomic mass is 10.3. The molecule has 2 aromatic rings. The minimum absolute atomic E-state index is 0.0789. The number of urea groups is 1. The Bertz CT molecular complexity index is 788. The Morgan fingerprint density at radius 2 is 1.38 bits per heavy atom. The lowest BCUT2D eigenvalue weighted by molar-refractivity contribution is -0.385. The lowest BCUT2D eigenvalue weighted by Gasteiger charge is -2.04. The van der Waals surface area contributed by atoms with Crippen molar-refractivity contribution >= 4 is 28.8 Å². The highest BCUT2D eigenvalue weighted by molar-refractivity contribution is 5.76. The molecule has 0 saturated heterocycles. The van der Waals surface area contributed by atoms with Gasteiger partial charge >= 0.3 is 6.03 Å². The van der Waals surface area contributed by atoms with Crippen molar-refractivity contribution in [3.63, 3.8) is 0 Å². The molecule has 0 heterocycles. The zero-order valence-electron chi connectivity index (χ0n) is 11.9. The van der Waals surface area contributed by atoms with Crippen molar-refractivity contribution in [3.8, 4) is 0 Å². The van der Waals surface area contributed by atoms with E-state index in [1.807, 2.05) is 0 Å². The van der Waals surface area contributed by atoms with Gasteiger partial charge in [-0.2, -0.15) is 0 Å². The van der Waals surface area contributed by atoms with Gasteiger partial charge in [-0.25, -0.2) is 10.2 Å². The van der Waals surface area contributed by atoms with Gasteiger partial charge in [0.25, 0.3) is 11.4 Å². The standard InChI is InChI=1S/C13H10N6O5/c20-13(16-14-9-1-5-11(6-2-9)18(21)22)17-15-10-3-7-12(8-4-10)19(23)24/h1-8,14H,(H,16,20). The number of carbonyl (C=O) groups excluding carboxylic acids is 1. The fourth-order valence-electron chi connectivity index (χ4n) is 1.56. The number of benzene rings is 2. The lowest BCUT2D eigenvalue weighted by Crippen LogP contribution is -2.26. The van der Waals surface area contributed by atoms with Gasteiger partial charge in [-0.05, 0) is 24.3 Å². The van der Waals surface area contributed by atoms with Crippen molar-refractivity contribution in [1.82, 2.24) is 5.43 Å². The Labute approximate surface area is 134 Å². The first-order valence-electron chi connectivity index (χ1n) is 6.42. The van der Waals surface area contributed by atoms with Crippen molar-refractivity contribution in [2.75, 3.05) is 5.43 Å². The van der Waals surface area contributed by atoms with E-state index in [1.54, 1.807) is 0 Å². The summed E-state index contributed by atoms with van der Waals surface area (Å²) in [5, 5.41) is 28.0. The van der Waals surface area contributed by atoms with Crippen LogP contribution in [0.3, 0.4) is 0 Å². The van der Waals surface area contributed by atoms with Gasteiger partial charge in [0.1, 0.15) is 0 Å². The number of anilines is 1. The van der Waals surface area contributed by atoms with E-state index in [4.69, 9.17) is 0 Å². The molecule has 0 saturated carbocycles. The van der Waals surface area contributed by atoms with Gasteiger partial charge in [0.05, 0.1) is 21.2 Å². The minimum Gasteiger partial charge on any atom is -0.297 e. The van der Waals surface area contributed by atoms with Crippen LogP contribution in [0.4, 0.5) is 27.5 Å². The predicted molar refractivity (Wildman–Crippen MR) is 82.9 cm³/mol. The van der Waals surface area contributed by atoms with Gasteiger partial charge in [-0.3, -0.25) is 25.7 Å². The predicted octanol–water partition coefficient (Wildman–Crippen LogP) is 3.32. The maximum Gasteiger partial charge on any atom is 0.378 e. The second-order valence-corrected chi connectivity index (χ2v) is 4.33. The van der Waals surface area contributed by atoms with Gasteiger partial charge in [-0.15, -0.1) is 5.11 Å². The third-order valence-electron chi connectivity index (χ3n) is 2.71. The summed E-state index contributed by atoms with van der Waals surface area (Å²) in [5.41, 5.74) is 5.23. The molecule has 0 radical (unpaired) electrons. The highest BCUT2D eigenvalue weighted by Crippen LogP contribution is 2.18. The third-order valence-corrected chi connectivity index (χ3v) is 2.71. The molecule has 2 amide bonds. The summed E-state index contributed by atoms with van der Waals surface area (Å²) in [4.78, 5) is 31.4. The maximum absolute atomic E-state index is 11.5. The van der Waals surface area contributed by atoms with Crippen LogP contribution in [0, 0.1) is 20.2 Å². The highest BCUT2D eigenvalue weighted by Gasteiger charge is 2.05. The van der Waals surface area contributed by atoms with Crippen LogP contribution in [0.15, 0.2) is 58.8 Å². The fraction of sp³-hybridized carbons (Fsp3) is 0. The largest absolute Gasteiger partial charge is 0.378 e. The van der Waals surface area contributed by atoms with Crippen molar-refractivity contribution in [2.45, 2.75) is 0 Å². The summed E-state index contributed by atoms with van der Waals surface area (Å²) in [7, 11) is 0. The van der Waals surface area contributed by atoms with E-state index in [9.17, 15) is 25.0 Å². The van der Waals surface area contributed by atoms with E-state index in [-0.39, 0.29) is 17.1 Å². The molecule has 0 atom stereocenters. The number of nitrogens with one attached hydrogen (secondary N) is 2. The van der Waals surface area contributed by atoms with Gasteiger partial charge in [0.2, 0.25) is 0 Å². The van der Waals surface area contributed by atoms with Crippen LogP contribution in [0.2, 0.25) is 0 Å². The first-order valence-corrected chi connectivity index (χ1v) is 6.42. The van der Waals surface area contributed by atoms with Crippen LogP contribution >= 0.6 is 0 Å². The summed E-state index contributed by atoms with van der Waals surface area (Å²) in [6.07, 6.45) is 0. The maximum atomic E-state index is 11.5. The van der Waals surface area contributed by atoms with E-state index in [0.717, 1.165) is 0 Å². The average Bonchev–Trinajstić information content (AvgIpc) is 2.58. The number of nitrogens with zero attached hydrogens (tertiary/aromatic N) is 4. The molecule has 24 heavy (non-hydrogen) atoms. The van der Waals surface area contributed by atoms with Crippen molar-refractivity contribution in [1.29, 1.82) is 0 Å². The molecular weight excluding hydrogens is 320 g/mol. The monoisotopic (exact) mass is 330 g/mol. The van der Waals surface area contributed by atoms with Gasteiger partial charge in [0.15, 0.2) is 0 Å². The smallest absolute Gasteiger partial charge is 0.297 e. The Hall–Kier alpha value is -3.89. The van der Waals surface area contributed by atoms with Gasteiger partial charge in [0, 0.05) is 24.3 Å². The zero-order valence-corrected chi connectivity index (χ0v) is 11.9. The topological polar surface area (TPSA) is 152 Å². The number of hydrogen-bond donors (Lipinski definition) is 2. The van der Waals surface area contributed by atoms with Crippen LogP contribution in [0.5, 0.6) is 0 Å². The first-order chi connectivity index (χ1) is 11.5. The van der Waals surface area contributed by atoms with E-state index in [2.05, 4.69) is 21.1 Å². The molecule has 2 N–H and O–H groups in total. The molecule has 0 fully saturated rings. The van der Waals surface area contributed by atoms with Crippen LogP contribution in [0.1, 0.15) is 0 Å². The number of hydrogen-bond acceptors (Lipinski definition) is 7. The van der Waals surface area contributed by atoms with E-state index in [0.29, 0.717) is 5.69 Å². The van der Waals surface area contributed by atoms with E-state index >= 15 is 0 Å². The van der Waals surface area contributed by atoms with E-state index in [1.165, 1.54) is 48.5 Å². The SMILES string of the molecule is O=C(N=Nc1ccc([N+](=O)[O-])cc1)NNc1ccc([N+](=O)[O-])cc1. The molecule has 11 heteroatoms. The second kappa shape index (κ2) is 7.40. The molecule has 11 nitrogen and oxygen atoms in total. The summed E-state index contributed by atoms with van der Waals surface area (Å²) >= 11 is 0. The van der Waals surface area contributed by atoms with Crippen LogP contribution in [-0.4, -0.2) is 15.9 Å². The van der Waals surface area contributed by atoms with Crippen molar-refractivity contribution < 1.29 is 14.6 Å². The summed E-state index contributed by atoms with van der Waals surface area (Å²) in [5.74, 6) is 0. The number of amides is 2. The molecule has 0 unspecified atom stereocenters. The van der Waals surface area contributed by atoms with Crippen molar-refractivity contribution in [3.05, 3.63) is 68.8 Å². The van der Waals surface area contributed by atoms with Gasteiger partial charge in [-0.1, -0.05) is 5.11 Å². The molecule has 122 valence electrons. The van der Waals surface area contributed by atoms with E-state index < -0.39 is 15.9 Å². The summed E-state index contributed by atoms with van der Waals surface area (Å²) in [6.45, 7) is 0. The summed E-state index contributed by atoms with van der Waals surface area (Å²) < 4.78 is 0. The second-order valence-electron chi connectivity index (χ2n) is 4.33. The Kier molecular flexibility index (Phi) is 5.08. The highest BCUT2D eigenvalue weighted by atomic mass is 16.6. The van der Waals surface area contributed by atoms with Crippen LogP contribution in [0.25, 0.3) is 0 Å². The number of carbonyl (C=O) groups is 1. The normalized spacial score (nSPS) is 10.3. The molecule has 0 aliphatic rings. The zero-order chi connectivity index (χ0) is 17.5. The van der Waals surface area contributed by atoms with Crippen LogP contribution in [-0.2, 0) is 0 Å². The first kappa shape index (κ1) is 16.5. The molecule has 0 bridgehead atoms.